The highest BCUT2D eigenvalue weighted by molar-refractivity contribution is 5.27. The summed E-state index contributed by atoms with van der Waals surface area (Å²) in [5.41, 5.74) is 1.67. The molecule has 1 aromatic heterocycles. The molecule has 0 aliphatic heterocycles. The van der Waals surface area contributed by atoms with Crippen molar-refractivity contribution in [1.82, 2.24) is 10.3 Å². The average Bonchev–Trinajstić information content (AvgIpc) is 2.23. The summed E-state index contributed by atoms with van der Waals surface area (Å²) >= 11 is 0. The molecule has 0 aromatic carbocycles. The van der Waals surface area contributed by atoms with E-state index in [4.69, 9.17) is 0 Å². The lowest BCUT2D eigenvalue weighted by atomic mass is 10.0. The first kappa shape index (κ1) is 13.0. The number of nitrogens with zero attached hydrogens (tertiary/aromatic N) is 1. The number of hydrogen-bond acceptors (Lipinski definition) is 3. The van der Waals surface area contributed by atoms with E-state index in [1.165, 1.54) is 0 Å². The molecule has 1 heterocycles. The Hall–Kier alpha value is -1.09. The Kier molecular flexibility index (Phi) is 4.74. The minimum atomic E-state index is 0.275. The highest BCUT2D eigenvalue weighted by Gasteiger charge is 2.11. The second-order valence-electron chi connectivity index (χ2n) is 4.56. The van der Waals surface area contributed by atoms with Gasteiger partial charge in [0.05, 0.1) is 5.69 Å². The van der Waals surface area contributed by atoms with Gasteiger partial charge in [-0.3, -0.25) is 4.98 Å². The van der Waals surface area contributed by atoms with Gasteiger partial charge in [-0.15, -0.1) is 0 Å². The van der Waals surface area contributed by atoms with E-state index in [1.54, 1.807) is 6.07 Å². The van der Waals surface area contributed by atoms with Crippen LogP contribution in [0.3, 0.4) is 0 Å². The molecule has 0 aliphatic rings. The van der Waals surface area contributed by atoms with Crippen LogP contribution >= 0.6 is 0 Å². The van der Waals surface area contributed by atoms with Crippen molar-refractivity contribution < 1.29 is 5.11 Å². The van der Waals surface area contributed by atoms with Crippen molar-refractivity contribution in [3.63, 3.8) is 0 Å². The first-order valence-electron chi connectivity index (χ1n) is 5.93. The number of aryl methyl sites for hydroxylation is 1. The maximum atomic E-state index is 9.66. The second-order valence-corrected chi connectivity index (χ2v) is 4.56. The fraction of sp³-hybridized carbons (Fsp3) is 0.615. The number of pyridine rings is 1. The van der Waals surface area contributed by atoms with Gasteiger partial charge in [0.1, 0.15) is 5.75 Å². The molecule has 16 heavy (non-hydrogen) atoms. The van der Waals surface area contributed by atoms with Crippen molar-refractivity contribution in [3.05, 3.63) is 23.5 Å². The standard InChI is InChI=1S/C13H22N2O/c1-5-11(9(2)3)14-8-12-13(16)7-6-10(4)15-12/h6-7,9,11,14,16H,5,8H2,1-4H3. The van der Waals surface area contributed by atoms with E-state index in [-0.39, 0.29) is 5.75 Å². The fourth-order valence-corrected chi connectivity index (χ4v) is 1.81. The van der Waals surface area contributed by atoms with Crippen LogP contribution in [0.25, 0.3) is 0 Å². The normalized spacial score (nSPS) is 13.1. The zero-order chi connectivity index (χ0) is 12.1. The lowest BCUT2D eigenvalue weighted by Gasteiger charge is -2.20. The van der Waals surface area contributed by atoms with Crippen LogP contribution < -0.4 is 5.32 Å². The van der Waals surface area contributed by atoms with Crippen LogP contribution in [0.5, 0.6) is 5.75 Å². The fourth-order valence-electron chi connectivity index (χ4n) is 1.81. The summed E-state index contributed by atoms with van der Waals surface area (Å²) in [5.74, 6) is 0.869. The van der Waals surface area contributed by atoms with Crippen LogP contribution in [0, 0.1) is 12.8 Å². The number of hydrogen-bond donors (Lipinski definition) is 2. The molecule has 1 aromatic rings. The highest BCUT2D eigenvalue weighted by atomic mass is 16.3. The van der Waals surface area contributed by atoms with Crippen molar-refractivity contribution in [1.29, 1.82) is 0 Å². The minimum Gasteiger partial charge on any atom is -0.506 e. The largest absolute Gasteiger partial charge is 0.506 e. The summed E-state index contributed by atoms with van der Waals surface area (Å²) in [4.78, 5) is 4.33. The first-order chi connectivity index (χ1) is 7.54. The van der Waals surface area contributed by atoms with Gasteiger partial charge >= 0.3 is 0 Å². The van der Waals surface area contributed by atoms with E-state index < -0.39 is 0 Å². The van der Waals surface area contributed by atoms with Crippen molar-refractivity contribution in [2.45, 2.75) is 46.7 Å². The quantitative estimate of drug-likeness (QED) is 0.805. The molecule has 1 rings (SSSR count). The van der Waals surface area contributed by atoms with Crippen LogP contribution in [0.1, 0.15) is 38.6 Å². The van der Waals surface area contributed by atoms with Gasteiger partial charge < -0.3 is 10.4 Å². The molecule has 0 saturated carbocycles. The van der Waals surface area contributed by atoms with Crippen molar-refractivity contribution in [3.8, 4) is 5.75 Å². The number of nitrogens with one attached hydrogen (secondary N) is 1. The smallest absolute Gasteiger partial charge is 0.138 e. The number of rotatable bonds is 5. The summed E-state index contributed by atoms with van der Waals surface area (Å²) < 4.78 is 0. The van der Waals surface area contributed by atoms with Gasteiger partial charge in [0.15, 0.2) is 0 Å². The first-order valence-corrected chi connectivity index (χ1v) is 5.93. The molecular formula is C13H22N2O. The molecular weight excluding hydrogens is 200 g/mol. The summed E-state index contributed by atoms with van der Waals surface area (Å²) in [5, 5.41) is 13.1. The van der Waals surface area contributed by atoms with Gasteiger partial charge in [0.25, 0.3) is 0 Å². The lowest BCUT2D eigenvalue weighted by Crippen LogP contribution is -2.32. The Labute approximate surface area is 97.9 Å². The van der Waals surface area contributed by atoms with Crippen molar-refractivity contribution in [2.24, 2.45) is 5.92 Å². The van der Waals surface area contributed by atoms with Crippen LogP contribution in [-0.4, -0.2) is 16.1 Å². The summed E-state index contributed by atoms with van der Waals surface area (Å²) in [6.07, 6.45) is 1.09. The van der Waals surface area contributed by atoms with Gasteiger partial charge in [-0.1, -0.05) is 20.8 Å². The maximum absolute atomic E-state index is 9.66. The molecule has 3 nitrogen and oxygen atoms in total. The SMILES string of the molecule is CCC(NCc1nc(C)ccc1O)C(C)C. The third-order valence-corrected chi connectivity index (χ3v) is 2.87. The second kappa shape index (κ2) is 5.85. The van der Waals surface area contributed by atoms with E-state index in [0.717, 1.165) is 17.8 Å². The minimum absolute atomic E-state index is 0.275. The van der Waals surface area contributed by atoms with Crippen molar-refractivity contribution in [2.75, 3.05) is 0 Å². The predicted octanol–water partition coefficient (Wildman–Crippen LogP) is 2.62. The van der Waals surface area contributed by atoms with E-state index in [9.17, 15) is 5.11 Å². The Balaban J connectivity index is 2.63. The van der Waals surface area contributed by atoms with Crippen molar-refractivity contribution >= 4 is 0 Å². The van der Waals surface area contributed by atoms with Gasteiger partial charge in [-0.25, -0.2) is 0 Å². The molecule has 0 saturated heterocycles. The van der Waals surface area contributed by atoms with Crippen LogP contribution in [-0.2, 0) is 6.54 Å². The molecule has 0 bridgehead atoms. The van der Waals surface area contributed by atoms with Gasteiger partial charge in [-0.2, -0.15) is 0 Å². The van der Waals surface area contributed by atoms with E-state index in [1.807, 2.05) is 13.0 Å². The van der Waals surface area contributed by atoms with E-state index >= 15 is 0 Å². The summed E-state index contributed by atoms with van der Waals surface area (Å²) in [7, 11) is 0. The molecule has 0 radical (unpaired) electrons. The molecule has 0 spiro atoms. The molecule has 1 unspecified atom stereocenters. The lowest BCUT2D eigenvalue weighted by molar-refractivity contribution is 0.379. The van der Waals surface area contributed by atoms with Gasteiger partial charge in [-0.05, 0) is 31.4 Å². The Bertz CT molecular complexity index is 337. The summed E-state index contributed by atoms with van der Waals surface area (Å²) in [6.45, 7) is 9.13. The van der Waals surface area contributed by atoms with Crippen LogP contribution in [0.2, 0.25) is 0 Å². The predicted molar refractivity (Wildman–Crippen MR) is 66.4 cm³/mol. The molecule has 1 atom stereocenters. The van der Waals surface area contributed by atoms with Crippen LogP contribution in [0.15, 0.2) is 12.1 Å². The Morgan fingerprint density at radius 2 is 2.06 bits per heavy atom. The molecule has 3 heteroatoms. The maximum Gasteiger partial charge on any atom is 0.138 e. The van der Waals surface area contributed by atoms with E-state index in [0.29, 0.717) is 18.5 Å². The summed E-state index contributed by atoms with van der Waals surface area (Å²) in [6, 6.07) is 4.00. The number of aromatic hydroxyl groups is 1. The monoisotopic (exact) mass is 222 g/mol. The third kappa shape index (κ3) is 3.49. The molecule has 0 amide bonds. The Morgan fingerprint density at radius 1 is 1.38 bits per heavy atom. The Morgan fingerprint density at radius 3 is 2.62 bits per heavy atom. The molecule has 0 fully saturated rings. The van der Waals surface area contributed by atoms with Gasteiger partial charge in [0.2, 0.25) is 0 Å². The molecule has 90 valence electrons. The zero-order valence-electron chi connectivity index (χ0n) is 10.6. The number of aromatic nitrogens is 1. The average molecular weight is 222 g/mol. The highest BCUT2D eigenvalue weighted by Crippen LogP contribution is 2.15. The third-order valence-electron chi connectivity index (χ3n) is 2.87. The zero-order valence-corrected chi connectivity index (χ0v) is 10.6. The topological polar surface area (TPSA) is 45.2 Å². The molecule has 0 aliphatic carbocycles. The van der Waals surface area contributed by atoms with Crippen LogP contribution in [0.4, 0.5) is 0 Å². The van der Waals surface area contributed by atoms with Gasteiger partial charge in [0, 0.05) is 18.3 Å². The molecule has 2 N–H and O–H groups in total. The van der Waals surface area contributed by atoms with E-state index in [2.05, 4.69) is 31.1 Å².